The monoisotopic (exact) mass is 246 g/mol. The smallest absolute Gasteiger partial charge is 0.214 e. The van der Waals surface area contributed by atoms with Gasteiger partial charge in [0.15, 0.2) is 0 Å². The second-order valence-corrected chi connectivity index (χ2v) is 5.00. The molecule has 0 radical (unpaired) electrons. The standard InChI is InChI=1S/C14H18N2O2/c1-9-10(2)18-14(15-9)8-16-7-6-11-12(16)4-3-5-13(11)17/h6-7,13,17H,3-5,8H2,1-2H3. The number of oxazole rings is 1. The molecule has 0 saturated carbocycles. The van der Waals surface area contributed by atoms with Gasteiger partial charge in [0.2, 0.25) is 5.89 Å². The molecule has 0 amide bonds. The van der Waals surface area contributed by atoms with Gasteiger partial charge < -0.3 is 14.1 Å². The summed E-state index contributed by atoms with van der Waals surface area (Å²) in [5, 5.41) is 9.94. The van der Waals surface area contributed by atoms with Crippen molar-refractivity contribution in [1.29, 1.82) is 0 Å². The summed E-state index contributed by atoms with van der Waals surface area (Å²) in [5.74, 6) is 1.62. The topological polar surface area (TPSA) is 51.2 Å². The molecule has 4 heteroatoms. The zero-order chi connectivity index (χ0) is 12.7. The third-order valence-electron chi connectivity index (χ3n) is 3.74. The Kier molecular flexibility index (Phi) is 2.74. The van der Waals surface area contributed by atoms with Crippen molar-refractivity contribution in [3.63, 3.8) is 0 Å². The van der Waals surface area contributed by atoms with Crippen molar-refractivity contribution in [3.8, 4) is 0 Å². The number of nitrogens with zero attached hydrogens (tertiary/aromatic N) is 2. The van der Waals surface area contributed by atoms with Crippen LogP contribution < -0.4 is 0 Å². The van der Waals surface area contributed by atoms with E-state index in [0.717, 1.165) is 42.2 Å². The fraction of sp³-hybridized carbons (Fsp3) is 0.500. The Labute approximate surface area is 106 Å². The summed E-state index contributed by atoms with van der Waals surface area (Å²) in [4.78, 5) is 4.40. The molecule has 4 nitrogen and oxygen atoms in total. The highest BCUT2D eigenvalue weighted by Gasteiger charge is 2.21. The SMILES string of the molecule is Cc1nc(Cn2ccc3c2CCCC3O)oc1C. The van der Waals surface area contributed by atoms with E-state index in [-0.39, 0.29) is 6.10 Å². The molecule has 0 saturated heterocycles. The van der Waals surface area contributed by atoms with E-state index in [2.05, 4.69) is 9.55 Å². The summed E-state index contributed by atoms with van der Waals surface area (Å²) in [5.41, 5.74) is 3.24. The first kappa shape index (κ1) is 11.5. The van der Waals surface area contributed by atoms with Gasteiger partial charge in [-0.15, -0.1) is 0 Å². The Balaban J connectivity index is 1.89. The first-order valence-corrected chi connectivity index (χ1v) is 6.44. The molecule has 0 spiro atoms. The lowest BCUT2D eigenvalue weighted by Crippen LogP contribution is -2.12. The van der Waals surface area contributed by atoms with Crippen LogP contribution in [0, 0.1) is 13.8 Å². The predicted molar refractivity (Wildman–Crippen MR) is 67.4 cm³/mol. The number of aliphatic hydroxyl groups excluding tert-OH is 1. The summed E-state index contributed by atoms with van der Waals surface area (Å²) >= 11 is 0. The molecule has 0 aliphatic heterocycles. The Morgan fingerprint density at radius 1 is 1.50 bits per heavy atom. The molecule has 0 fully saturated rings. The van der Waals surface area contributed by atoms with Gasteiger partial charge in [-0.25, -0.2) is 4.98 Å². The molecule has 2 aromatic rings. The number of aliphatic hydroxyl groups is 1. The number of fused-ring (bicyclic) bond motifs is 1. The first-order chi connectivity index (χ1) is 8.65. The summed E-state index contributed by atoms with van der Waals surface area (Å²) in [7, 11) is 0. The minimum Gasteiger partial charge on any atom is -0.444 e. The lowest BCUT2D eigenvalue weighted by molar-refractivity contribution is 0.155. The maximum Gasteiger partial charge on any atom is 0.214 e. The fourth-order valence-corrected chi connectivity index (χ4v) is 2.63. The molecular weight excluding hydrogens is 228 g/mol. The van der Waals surface area contributed by atoms with E-state index in [1.165, 1.54) is 5.69 Å². The molecule has 0 aromatic carbocycles. The van der Waals surface area contributed by atoms with Crippen molar-refractivity contribution in [2.45, 2.75) is 45.8 Å². The third kappa shape index (κ3) is 1.86. The van der Waals surface area contributed by atoms with Crippen molar-refractivity contribution in [2.75, 3.05) is 0 Å². The van der Waals surface area contributed by atoms with E-state index in [0.29, 0.717) is 6.54 Å². The van der Waals surface area contributed by atoms with Crippen LogP contribution in [0.1, 0.15) is 47.5 Å². The first-order valence-electron chi connectivity index (χ1n) is 6.44. The minimum absolute atomic E-state index is 0.303. The van der Waals surface area contributed by atoms with E-state index < -0.39 is 0 Å². The maximum absolute atomic E-state index is 9.94. The van der Waals surface area contributed by atoms with Crippen LogP contribution >= 0.6 is 0 Å². The molecule has 18 heavy (non-hydrogen) atoms. The van der Waals surface area contributed by atoms with Crippen molar-refractivity contribution in [2.24, 2.45) is 0 Å². The van der Waals surface area contributed by atoms with Gasteiger partial charge in [0, 0.05) is 17.5 Å². The molecular formula is C14H18N2O2. The van der Waals surface area contributed by atoms with Crippen LogP contribution in [0.5, 0.6) is 0 Å². The van der Waals surface area contributed by atoms with E-state index in [4.69, 9.17) is 4.42 Å². The second-order valence-electron chi connectivity index (χ2n) is 5.00. The highest BCUT2D eigenvalue weighted by Crippen LogP contribution is 2.30. The predicted octanol–water partition coefficient (Wildman–Crippen LogP) is 2.51. The normalized spacial score (nSPS) is 18.9. The highest BCUT2D eigenvalue weighted by molar-refractivity contribution is 5.27. The third-order valence-corrected chi connectivity index (χ3v) is 3.74. The number of aryl methyl sites for hydroxylation is 2. The number of hydrogen-bond acceptors (Lipinski definition) is 3. The number of rotatable bonds is 2. The summed E-state index contributed by atoms with van der Waals surface area (Å²) in [6, 6.07) is 2.02. The van der Waals surface area contributed by atoms with Gasteiger partial charge in [-0.2, -0.15) is 0 Å². The van der Waals surface area contributed by atoms with E-state index in [1.54, 1.807) is 0 Å². The number of aromatic nitrogens is 2. The van der Waals surface area contributed by atoms with Crippen LogP contribution in [0.2, 0.25) is 0 Å². The number of hydrogen-bond donors (Lipinski definition) is 1. The van der Waals surface area contributed by atoms with Gasteiger partial charge in [0.1, 0.15) is 5.76 Å². The molecule has 1 atom stereocenters. The van der Waals surface area contributed by atoms with Crippen molar-refractivity contribution in [3.05, 3.63) is 40.9 Å². The summed E-state index contributed by atoms with van der Waals surface area (Å²) in [6.45, 7) is 4.54. The lowest BCUT2D eigenvalue weighted by Gasteiger charge is -2.19. The Morgan fingerprint density at radius 2 is 2.33 bits per heavy atom. The minimum atomic E-state index is -0.303. The largest absolute Gasteiger partial charge is 0.444 e. The van der Waals surface area contributed by atoms with Gasteiger partial charge in [-0.05, 0) is 39.2 Å². The zero-order valence-corrected chi connectivity index (χ0v) is 10.8. The lowest BCUT2D eigenvalue weighted by atomic mass is 9.95. The van der Waals surface area contributed by atoms with Crippen LogP contribution in [-0.2, 0) is 13.0 Å². The molecule has 2 aromatic heterocycles. The fourth-order valence-electron chi connectivity index (χ4n) is 2.63. The molecule has 1 aliphatic rings. The van der Waals surface area contributed by atoms with Crippen LogP contribution in [0.15, 0.2) is 16.7 Å². The van der Waals surface area contributed by atoms with Crippen molar-refractivity contribution in [1.82, 2.24) is 9.55 Å². The van der Waals surface area contributed by atoms with Gasteiger partial charge >= 0.3 is 0 Å². The van der Waals surface area contributed by atoms with Crippen molar-refractivity contribution >= 4 is 0 Å². The van der Waals surface area contributed by atoms with Crippen molar-refractivity contribution < 1.29 is 9.52 Å². The molecule has 96 valence electrons. The average Bonchev–Trinajstić information content (AvgIpc) is 2.86. The Hall–Kier alpha value is -1.55. The highest BCUT2D eigenvalue weighted by atomic mass is 16.4. The van der Waals surface area contributed by atoms with Gasteiger partial charge in [-0.3, -0.25) is 0 Å². The zero-order valence-electron chi connectivity index (χ0n) is 10.8. The Morgan fingerprint density at radius 3 is 3.06 bits per heavy atom. The van der Waals surface area contributed by atoms with Gasteiger partial charge in [-0.1, -0.05) is 0 Å². The molecule has 0 bridgehead atoms. The Bertz CT molecular complexity index is 549. The maximum atomic E-state index is 9.94. The van der Waals surface area contributed by atoms with Gasteiger partial charge in [0.25, 0.3) is 0 Å². The van der Waals surface area contributed by atoms with E-state index in [9.17, 15) is 5.11 Å². The molecule has 1 unspecified atom stereocenters. The molecule has 3 rings (SSSR count). The molecule has 2 heterocycles. The molecule has 1 aliphatic carbocycles. The van der Waals surface area contributed by atoms with E-state index >= 15 is 0 Å². The van der Waals surface area contributed by atoms with Crippen LogP contribution in [0.25, 0.3) is 0 Å². The van der Waals surface area contributed by atoms with Crippen LogP contribution in [-0.4, -0.2) is 14.7 Å². The van der Waals surface area contributed by atoms with Gasteiger partial charge in [0.05, 0.1) is 18.3 Å². The van der Waals surface area contributed by atoms with Crippen LogP contribution in [0.4, 0.5) is 0 Å². The van der Waals surface area contributed by atoms with Crippen LogP contribution in [0.3, 0.4) is 0 Å². The van der Waals surface area contributed by atoms with E-state index in [1.807, 2.05) is 26.1 Å². The second kappa shape index (κ2) is 4.28. The molecule has 1 N–H and O–H groups in total. The summed E-state index contributed by atoms with van der Waals surface area (Å²) < 4.78 is 7.75. The quantitative estimate of drug-likeness (QED) is 0.885. The summed E-state index contributed by atoms with van der Waals surface area (Å²) in [6.07, 6.45) is 4.66. The average molecular weight is 246 g/mol.